The second-order valence-corrected chi connectivity index (χ2v) is 5.35. The lowest BCUT2D eigenvalue weighted by molar-refractivity contribution is 0.0110. The number of nitrogens with zero attached hydrogens (tertiary/aromatic N) is 1. The predicted molar refractivity (Wildman–Crippen MR) is 67.0 cm³/mol. The molecule has 102 valence electrons. The third-order valence-corrected chi connectivity index (χ3v) is 3.41. The highest BCUT2D eigenvalue weighted by Crippen LogP contribution is 2.08. The third kappa shape index (κ3) is 5.31. The molecule has 0 aliphatic carbocycles. The van der Waals surface area contributed by atoms with Crippen molar-refractivity contribution in [2.24, 2.45) is 0 Å². The van der Waals surface area contributed by atoms with Crippen LogP contribution in [0.15, 0.2) is 0 Å². The van der Waals surface area contributed by atoms with Crippen molar-refractivity contribution in [3.05, 3.63) is 0 Å². The molecular formula is C12H26N2O3. The number of ether oxygens (including phenoxy) is 1. The van der Waals surface area contributed by atoms with Gasteiger partial charge in [-0.1, -0.05) is 0 Å². The predicted octanol–water partition coefficient (Wildman–Crippen LogP) is -0.571. The summed E-state index contributed by atoms with van der Waals surface area (Å²) in [4.78, 5) is 2.20. The zero-order valence-electron chi connectivity index (χ0n) is 11.1. The lowest BCUT2D eigenvalue weighted by Crippen LogP contribution is -2.52. The smallest absolute Gasteiger partial charge is 0.0791 e. The molecule has 2 unspecified atom stereocenters. The van der Waals surface area contributed by atoms with Crippen LogP contribution in [-0.4, -0.2) is 72.3 Å². The molecular weight excluding hydrogens is 220 g/mol. The van der Waals surface area contributed by atoms with Gasteiger partial charge in [0.1, 0.15) is 0 Å². The Morgan fingerprint density at radius 2 is 1.88 bits per heavy atom. The van der Waals surface area contributed by atoms with Gasteiger partial charge in [-0.25, -0.2) is 0 Å². The maximum absolute atomic E-state index is 9.92. The average molecular weight is 246 g/mol. The molecule has 0 amide bonds. The van der Waals surface area contributed by atoms with Crippen LogP contribution in [0, 0.1) is 0 Å². The Hall–Kier alpha value is -0.200. The Balaban J connectivity index is 2.22. The van der Waals surface area contributed by atoms with Crippen LogP contribution in [0.1, 0.15) is 20.8 Å². The third-order valence-electron chi connectivity index (χ3n) is 3.41. The average Bonchev–Trinajstić information content (AvgIpc) is 2.28. The molecule has 0 spiro atoms. The van der Waals surface area contributed by atoms with E-state index in [0.29, 0.717) is 13.1 Å². The number of rotatable bonds is 6. The van der Waals surface area contributed by atoms with Gasteiger partial charge in [-0.3, -0.25) is 4.90 Å². The summed E-state index contributed by atoms with van der Waals surface area (Å²) in [5.41, 5.74) is -0.369. The second kappa shape index (κ2) is 6.66. The number of nitrogens with one attached hydrogen (secondary N) is 1. The molecule has 5 nitrogen and oxygen atoms in total. The molecule has 1 aliphatic heterocycles. The van der Waals surface area contributed by atoms with E-state index in [4.69, 9.17) is 4.74 Å². The van der Waals surface area contributed by atoms with E-state index < -0.39 is 12.2 Å². The number of β-amino-alcohol motifs (C(OH)–C–C–N with tert-alkyl or cyclic N) is 1. The molecule has 0 saturated carbocycles. The Kier molecular flexibility index (Phi) is 5.82. The van der Waals surface area contributed by atoms with E-state index in [1.54, 1.807) is 6.92 Å². The van der Waals surface area contributed by atoms with Crippen molar-refractivity contribution in [1.82, 2.24) is 10.2 Å². The molecule has 1 rings (SSSR count). The van der Waals surface area contributed by atoms with Gasteiger partial charge >= 0.3 is 0 Å². The van der Waals surface area contributed by atoms with Gasteiger partial charge in [0.2, 0.25) is 0 Å². The number of morpholine rings is 1. The maximum Gasteiger partial charge on any atom is 0.0791 e. The van der Waals surface area contributed by atoms with Gasteiger partial charge in [-0.15, -0.1) is 0 Å². The van der Waals surface area contributed by atoms with Crippen molar-refractivity contribution in [2.75, 3.05) is 39.4 Å². The summed E-state index contributed by atoms with van der Waals surface area (Å²) >= 11 is 0. The van der Waals surface area contributed by atoms with Crippen LogP contribution in [-0.2, 0) is 4.74 Å². The van der Waals surface area contributed by atoms with Crippen LogP contribution in [0.5, 0.6) is 0 Å². The summed E-state index contributed by atoms with van der Waals surface area (Å²) in [5.74, 6) is 0. The normalized spacial score (nSPS) is 22.4. The Morgan fingerprint density at radius 1 is 1.29 bits per heavy atom. The Bertz CT molecular complexity index is 216. The molecule has 1 aliphatic rings. The van der Waals surface area contributed by atoms with E-state index in [0.717, 1.165) is 26.3 Å². The molecule has 1 saturated heterocycles. The van der Waals surface area contributed by atoms with E-state index in [1.165, 1.54) is 0 Å². The molecule has 2 atom stereocenters. The Labute approximate surface area is 104 Å². The first kappa shape index (κ1) is 14.9. The van der Waals surface area contributed by atoms with Gasteiger partial charge in [-0.05, 0) is 20.8 Å². The molecule has 0 aromatic rings. The lowest BCUT2D eigenvalue weighted by Gasteiger charge is -2.32. The summed E-state index contributed by atoms with van der Waals surface area (Å²) in [5, 5.41) is 22.7. The molecule has 17 heavy (non-hydrogen) atoms. The fraction of sp³-hybridized carbons (Fsp3) is 1.00. The van der Waals surface area contributed by atoms with Crippen molar-refractivity contribution in [3.8, 4) is 0 Å². The summed E-state index contributed by atoms with van der Waals surface area (Å²) in [7, 11) is 0. The largest absolute Gasteiger partial charge is 0.392 e. The SMILES string of the molecule is CC(O)C(C)(C)NCC(O)CN1CCOCC1. The molecule has 0 radical (unpaired) electrons. The number of hydrogen-bond acceptors (Lipinski definition) is 5. The fourth-order valence-corrected chi connectivity index (χ4v) is 1.67. The quantitative estimate of drug-likeness (QED) is 0.586. The van der Waals surface area contributed by atoms with Gasteiger partial charge in [0, 0.05) is 31.7 Å². The summed E-state index contributed by atoms with van der Waals surface area (Å²) in [6.45, 7) is 10.0. The zero-order valence-corrected chi connectivity index (χ0v) is 11.1. The molecule has 1 fully saturated rings. The van der Waals surface area contributed by atoms with Crippen LogP contribution in [0.2, 0.25) is 0 Å². The molecule has 0 aromatic carbocycles. The van der Waals surface area contributed by atoms with E-state index >= 15 is 0 Å². The highest BCUT2D eigenvalue weighted by molar-refractivity contribution is 4.84. The van der Waals surface area contributed by atoms with Crippen molar-refractivity contribution in [3.63, 3.8) is 0 Å². The highest BCUT2D eigenvalue weighted by Gasteiger charge is 2.24. The van der Waals surface area contributed by atoms with Crippen LogP contribution >= 0.6 is 0 Å². The fourth-order valence-electron chi connectivity index (χ4n) is 1.67. The van der Waals surface area contributed by atoms with Gasteiger partial charge in [0.25, 0.3) is 0 Å². The standard InChI is InChI=1S/C12H26N2O3/c1-10(15)12(2,3)13-8-11(16)9-14-4-6-17-7-5-14/h10-11,13,15-16H,4-9H2,1-3H3. The highest BCUT2D eigenvalue weighted by atomic mass is 16.5. The minimum atomic E-state index is -0.446. The zero-order chi connectivity index (χ0) is 12.9. The first-order valence-corrected chi connectivity index (χ1v) is 6.33. The maximum atomic E-state index is 9.92. The first-order valence-electron chi connectivity index (χ1n) is 6.33. The van der Waals surface area contributed by atoms with Gasteiger partial charge in [-0.2, -0.15) is 0 Å². The van der Waals surface area contributed by atoms with Crippen LogP contribution in [0.4, 0.5) is 0 Å². The summed E-state index contributed by atoms with van der Waals surface area (Å²) in [6, 6.07) is 0. The van der Waals surface area contributed by atoms with Crippen molar-refractivity contribution in [2.45, 2.75) is 38.5 Å². The van der Waals surface area contributed by atoms with E-state index in [-0.39, 0.29) is 5.54 Å². The number of aliphatic hydroxyl groups excluding tert-OH is 2. The molecule has 5 heteroatoms. The number of hydrogen-bond donors (Lipinski definition) is 3. The van der Waals surface area contributed by atoms with Crippen molar-refractivity contribution < 1.29 is 14.9 Å². The van der Waals surface area contributed by atoms with E-state index in [2.05, 4.69) is 10.2 Å². The van der Waals surface area contributed by atoms with E-state index in [1.807, 2.05) is 13.8 Å². The van der Waals surface area contributed by atoms with Gasteiger partial charge in [0.05, 0.1) is 25.4 Å². The molecule has 0 aromatic heterocycles. The van der Waals surface area contributed by atoms with Crippen LogP contribution in [0.3, 0.4) is 0 Å². The monoisotopic (exact) mass is 246 g/mol. The van der Waals surface area contributed by atoms with Crippen LogP contribution < -0.4 is 5.32 Å². The molecule has 1 heterocycles. The Morgan fingerprint density at radius 3 is 2.41 bits per heavy atom. The summed E-state index contributed by atoms with van der Waals surface area (Å²) < 4.78 is 5.25. The first-order chi connectivity index (χ1) is 7.92. The topological polar surface area (TPSA) is 65.0 Å². The second-order valence-electron chi connectivity index (χ2n) is 5.35. The lowest BCUT2D eigenvalue weighted by atomic mass is 9.98. The minimum Gasteiger partial charge on any atom is -0.392 e. The van der Waals surface area contributed by atoms with Crippen LogP contribution in [0.25, 0.3) is 0 Å². The summed E-state index contributed by atoms with van der Waals surface area (Å²) in [6.07, 6.45) is -0.857. The molecule has 0 bridgehead atoms. The van der Waals surface area contributed by atoms with Crippen molar-refractivity contribution in [1.29, 1.82) is 0 Å². The number of aliphatic hydroxyl groups is 2. The minimum absolute atomic E-state index is 0.369. The van der Waals surface area contributed by atoms with Gasteiger partial charge in [0.15, 0.2) is 0 Å². The molecule has 3 N–H and O–H groups in total. The van der Waals surface area contributed by atoms with Gasteiger partial charge < -0.3 is 20.3 Å². The van der Waals surface area contributed by atoms with E-state index in [9.17, 15) is 10.2 Å². The van der Waals surface area contributed by atoms with Crippen molar-refractivity contribution >= 4 is 0 Å².